The fraction of sp³-hybridized carbons (Fsp3) is 0.409. The Kier molecular flexibility index (Phi) is 5.75. The molecule has 0 bridgehead atoms. The molecule has 9 heteroatoms. The summed E-state index contributed by atoms with van der Waals surface area (Å²) < 4.78 is 20.3. The maximum atomic E-state index is 13.5. The summed E-state index contributed by atoms with van der Waals surface area (Å²) in [6.45, 7) is 1.56. The molecule has 31 heavy (non-hydrogen) atoms. The molecule has 2 aliphatic rings. The van der Waals surface area contributed by atoms with Crippen molar-refractivity contribution in [2.45, 2.75) is 32.4 Å². The van der Waals surface area contributed by atoms with E-state index in [1.165, 1.54) is 23.8 Å². The second-order valence-corrected chi connectivity index (χ2v) is 8.26. The Labute approximate surface area is 184 Å². The first-order valence-electron chi connectivity index (χ1n) is 10.2. The van der Waals surface area contributed by atoms with Gasteiger partial charge >= 0.3 is 0 Å². The maximum Gasteiger partial charge on any atom is 0.294 e. The second-order valence-electron chi connectivity index (χ2n) is 7.85. The fourth-order valence-electron chi connectivity index (χ4n) is 4.28. The number of halogens is 2. The summed E-state index contributed by atoms with van der Waals surface area (Å²) >= 11 is 5.87. The molecule has 0 radical (unpaired) electrons. The number of carbonyl (C=O) groups excluding carboxylic acids is 2. The predicted octanol–water partition coefficient (Wildman–Crippen LogP) is 2.71. The molecule has 7 nitrogen and oxygen atoms in total. The van der Waals surface area contributed by atoms with Gasteiger partial charge in [-0.15, -0.1) is 0 Å². The molecular formula is C22H23ClFN3O4. The lowest BCUT2D eigenvalue weighted by molar-refractivity contribution is 0.0716. The zero-order valence-corrected chi connectivity index (χ0v) is 18.2. The van der Waals surface area contributed by atoms with Gasteiger partial charge < -0.3 is 19.1 Å². The molecule has 0 unspecified atom stereocenters. The topological polar surface area (TPSA) is 71.8 Å². The zero-order chi connectivity index (χ0) is 22.3. The molecule has 0 saturated carbocycles. The highest BCUT2D eigenvalue weighted by Gasteiger charge is 2.36. The Morgan fingerprint density at radius 2 is 1.84 bits per heavy atom. The fourth-order valence-corrected chi connectivity index (χ4v) is 4.49. The number of ether oxygens (including phenoxy) is 1. The maximum absolute atomic E-state index is 13.5. The van der Waals surface area contributed by atoms with Gasteiger partial charge in [0.2, 0.25) is 0 Å². The molecule has 2 aliphatic heterocycles. The minimum atomic E-state index is -0.531. The molecule has 0 aliphatic carbocycles. The molecule has 4 rings (SSSR count). The lowest BCUT2D eigenvalue weighted by Gasteiger charge is -2.33. The zero-order valence-electron chi connectivity index (χ0n) is 17.4. The quantitative estimate of drug-likeness (QED) is 0.725. The molecule has 2 aromatic rings. The van der Waals surface area contributed by atoms with E-state index in [9.17, 15) is 18.8 Å². The lowest BCUT2D eigenvalue weighted by Crippen LogP contribution is -2.44. The van der Waals surface area contributed by atoms with Crippen LogP contribution in [0.4, 0.5) is 4.39 Å². The molecule has 0 spiro atoms. The van der Waals surface area contributed by atoms with Gasteiger partial charge in [-0.05, 0) is 37.0 Å². The van der Waals surface area contributed by atoms with Crippen LogP contribution in [0.5, 0.6) is 5.75 Å². The van der Waals surface area contributed by atoms with E-state index < -0.39 is 17.3 Å². The molecule has 1 aromatic carbocycles. The highest BCUT2D eigenvalue weighted by Crippen LogP contribution is 2.31. The monoisotopic (exact) mass is 447 g/mol. The number of amides is 2. The summed E-state index contributed by atoms with van der Waals surface area (Å²) in [5.74, 6) is -1.22. The number of rotatable bonds is 3. The summed E-state index contributed by atoms with van der Waals surface area (Å²) in [7, 11) is 3.06. The highest BCUT2D eigenvalue weighted by atomic mass is 35.5. The second kappa shape index (κ2) is 8.34. The molecule has 0 fully saturated rings. The summed E-state index contributed by atoms with van der Waals surface area (Å²) in [5.41, 5.74) is 1.16. The highest BCUT2D eigenvalue weighted by molar-refractivity contribution is 6.30. The van der Waals surface area contributed by atoms with Crippen molar-refractivity contribution >= 4 is 23.4 Å². The van der Waals surface area contributed by atoms with Crippen LogP contribution in [0.2, 0.25) is 5.02 Å². The molecule has 164 valence electrons. The van der Waals surface area contributed by atoms with Crippen LogP contribution in [-0.4, -0.2) is 53.4 Å². The van der Waals surface area contributed by atoms with Crippen molar-refractivity contribution < 1.29 is 18.7 Å². The number of pyridine rings is 1. The van der Waals surface area contributed by atoms with Crippen molar-refractivity contribution in [3.63, 3.8) is 0 Å². The van der Waals surface area contributed by atoms with Crippen LogP contribution in [0.3, 0.4) is 0 Å². The van der Waals surface area contributed by atoms with Crippen LogP contribution in [-0.2, 0) is 19.5 Å². The SMILES string of the molecule is COc1c2c(c3n(c1=O)CCCCN(C)C3=O)CCN(Cc1ccc(F)c(Cl)c1)C2=O. The number of methoxy groups -OCH3 is 1. The van der Waals surface area contributed by atoms with E-state index in [1.807, 2.05) is 0 Å². The van der Waals surface area contributed by atoms with E-state index in [2.05, 4.69) is 0 Å². The number of carbonyl (C=O) groups is 2. The summed E-state index contributed by atoms with van der Waals surface area (Å²) in [5, 5.41) is -0.0202. The Morgan fingerprint density at radius 3 is 2.55 bits per heavy atom. The van der Waals surface area contributed by atoms with E-state index in [4.69, 9.17) is 16.3 Å². The molecule has 2 amide bonds. The molecular weight excluding hydrogens is 425 g/mol. The van der Waals surface area contributed by atoms with Gasteiger partial charge in [0.05, 0.1) is 17.7 Å². The average molecular weight is 448 g/mol. The number of benzene rings is 1. The van der Waals surface area contributed by atoms with E-state index in [0.29, 0.717) is 37.2 Å². The van der Waals surface area contributed by atoms with Gasteiger partial charge in [-0.3, -0.25) is 14.4 Å². The van der Waals surface area contributed by atoms with Gasteiger partial charge in [0.1, 0.15) is 11.5 Å². The Balaban J connectivity index is 1.81. The molecule has 0 atom stereocenters. The third-order valence-electron chi connectivity index (χ3n) is 5.89. The molecule has 3 heterocycles. The van der Waals surface area contributed by atoms with Crippen LogP contribution in [0.25, 0.3) is 0 Å². The summed E-state index contributed by atoms with van der Waals surface area (Å²) in [6.07, 6.45) is 1.94. The van der Waals surface area contributed by atoms with Gasteiger partial charge in [-0.1, -0.05) is 17.7 Å². The van der Waals surface area contributed by atoms with Crippen molar-refractivity contribution in [1.29, 1.82) is 0 Å². The van der Waals surface area contributed by atoms with Crippen molar-refractivity contribution in [2.24, 2.45) is 0 Å². The van der Waals surface area contributed by atoms with E-state index in [1.54, 1.807) is 22.9 Å². The van der Waals surface area contributed by atoms with E-state index >= 15 is 0 Å². The van der Waals surface area contributed by atoms with Gasteiger partial charge in [0.25, 0.3) is 17.4 Å². The summed E-state index contributed by atoms with van der Waals surface area (Å²) in [4.78, 5) is 42.8. The van der Waals surface area contributed by atoms with Gasteiger partial charge in [-0.25, -0.2) is 4.39 Å². The van der Waals surface area contributed by atoms with Crippen LogP contribution in [0.15, 0.2) is 23.0 Å². The molecule has 0 saturated heterocycles. The average Bonchev–Trinajstić information content (AvgIpc) is 2.74. The van der Waals surface area contributed by atoms with Crippen molar-refractivity contribution in [3.8, 4) is 5.75 Å². The number of hydrogen-bond acceptors (Lipinski definition) is 4. The van der Waals surface area contributed by atoms with Crippen LogP contribution in [0.1, 0.15) is 44.8 Å². The standard InChI is InChI=1S/C22H23ClFN3O4/c1-25-8-3-4-9-27-18(21(25)29)14-7-10-26(12-13-5-6-16(24)15(23)11-13)20(28)17(14)19(31-2)22(27)30/h5-6,11H,3-4,7-10,12H2,1-2H3. The predicted molar refractivity (Wildman–Crippen MR) is 113 cm³/mol. The summed E-state index contributed by atoms with van der Waals surface area (Å²) in [6, 6.07) is 4.30. The van der Waals surface area contributed by atoms with Crippen molar-refractivity contribution in [1.82, 2.24) is 14.4 Å². The number of fused-ring (bicyclic) bond motifs is 3. The van der Waals surface area contributed by atoms with Gasteiger partial charge in [0, 0.05) is 38.8 Å². The van der Waals surface area contributed by atoms with E-state index in [0.717, 1.165) is 12.8 Å². The number of hydrogen-bond donors (Lipinski definition) is 0. The van der Waals surface area contributed by atoms with Crippen molar-refractivity contribution in [2.75, 3.05) is 27.2 Å². The minimum absolute atomic E-state index is 0.0202. The van der Waals surface area contributed by atoms with E-state index in [-0.39, 0.29) is 34.5 Å². The van der Waals surface area contributed by atoms with Gasteiger partial charge in [0.15, 0.2) is 5.75 Å². The molecule has 0 N–H and O–H groups in total. The number of aromatic nitrogens is 1. The van der Waals surface area contributed by atoms with Crippen LogP contribution >= 0.6 is 11.6 Å². The Bertz CT molecular complexity index is 1130. The Hall–Kier alpha value is -2.87. The lowest BCUT2D eigenvalue weighted by atomic mass is 9.94. The van der Waals surface area contributed by atoms with Gasteiger partial charge in [-0.2, -0.15) is 0 Å². The minimum Gasteiger partial charge on any atom is -0.490 e. The first-order valence-corrected chi connectivity index (χ1v) is 10.5. The van der Waals surface area contributed by atoms with Crippen LogP contribution in [0, 0.1) is 5.82 Å². The first kappa shape index (κ1) is 21.4. The third-order valence-corrected chi connectivity index (χ3v) is 6.18. The largest absolute Gasteiger partial charge is 0.490 e. The normalized spacial score (nSPS) is 16.5. The third kappa shape index (κ3) is 3.69. The number of nitrogens with zero attached hydrogens (tertiary/aromatic N) is 3. The smallest absolute Gasteiger partial charge is 0.294 e. The Morgan fingerprint density at radius 1 is 1.10 bits per heavy atom. The van der Waals surface area contributed by atoms with Crippen molar-refractivity contribution in [3.05, 3.63) is 61.8 Å². The molecule has 1 aromatic heterocycles. The first-order chi connectivity index (χ1) is 14.8. The van der Waals surface area contributed by atoms with Crippen LogP contribution < -0.4 is 10.3 Å².